The molecule has 1 aromatic carbocycles. The number of guanidine groups is 1. The summed E-state index contributed by atoms with van der Waals surface area (Å²) in [7, 11) is 3.74. The first-order chi connectivity index (χ1) is 11.0. The molecular formula is C17H27IN6. The number of hydrogen-bond acceptors (Lipinski definition) is 3. The average Bonchev–Trinajstić information content (AvgIpc) is 2.85. The third-order valence-electron chi connectivity index (χ3n) is 4.13. The molecule has 2 aromatic rings. The predicted molar refractivity (Wildman–Crippen MR) is 109 cm³/mol. The topological polar surface area (TPSA) is 67.1 Å². The van der Waals surface area contributed by atoms with E-state index in [-0.39, 0.29) is 24.0 Å². The fourth-order valence-electron chi connectivity index (χ4n) is 2.54. The molecule has 0 fully saturated rings. The monoisotopic (exact) mass is 442 g/mol. The Kier molecular flexibility index (Phi) is 8.17. The molecule has 1 aromatic heterocycles. The molecule has 0 unspecified atom stereocenters. The van der Waals surface area contributed by atoms with Crippen molar-refractivity contribution in [3.05, 3.63) is 46.5 Å². The van der Waals surface area contributed by atoms with Gasteiger partial charge in [0.2, 0.25) is 0 Å². The Hall–Kier alpha value is -1.64. The summed E-state index contributed by atoms with van der Waals surface area (Å²) in [5.41, 5.74) is 4.08. The molecule has 0 atom stereocenters. The molecule has 1 heterocycles. The molecule has 24 heavy (non-hydrogen) atoms. The van der Waals surface area contributed by atoms with Gasteiger partial charge in [-0.1, -0.05) is 18.2 Å². The van der Waals surface area contributed by atoms with Gasteiger partial charge in [-0.15, -0.1) is 34.2 Å². The van der Waals surface area contributed by atoms with Crippen LogP contribution in [0, 0.1) is 20.8 Å². The number of aryl methyl sites for hydroxylation is 3. The highest BCUT2D eigenvalue weighted by Gasteiger charge is 2.06. The Morgan fingerprint density at radius 3 is 2.33 bits per heavy atom. The molecule has 0 radical (unpaired) electrons. The van der Waals surface area contributed by atoms with Crippen molar-refractivity contribution in [3.8, 4) is 0 Å². The van der Waals surface area contributed by atoms with Gasteiger partial charge in [-0.2, -0.15) is 0 Å². The van der Waals surface area contributed by atoms with E-state index in [4.69, 9.17) is 0 Å². The molecule has 2 N–H and O–H groups in total. The third-order valence-corrected chi connectivity index (χ3v) is 4.13. The van der Waals surface area contributed by atoms with Gasteiger partial charge in [-0.3, -0.25) is 4.99 Å². The number of aliphatic imine (C=N–C) groups is 1. The number of benzene rings is 1. The normalized spacial score (nSPS) is 11.1. The van der Waals surface area contributed by atoms with Crippen molar-refractivity contribution in [1.82, 2.24) is 25.4 Å². The number of nitrogens with one attached hydrogen (secondary N) is 2. The van der Waals surface area contributed by atoms with E-state index in [1.807, 2.05) is 18.5 Å². The van der Waals surface area contributed by atoms with Crippen LogP contribution in [-0.2, 0) is 20.0 Å². The van der Waals surface area contributed by atoms with E-state index in [1.165, 1.54) is 16.7 Å². The Balaban J connectivity index is 0.00000288. The van der Waals surface area contributed by atoms with Crippen molar-refractivity contribution in [2.75, 3.05) is 13.6 Å². The van der Waals surface area contributed by atoms with Gasteiger partial charge in [-0.05, 0) is 43.9 Å². The maximum atomic E-state index is 4.25. The van der Waals surface area contributed by atoms with Crippen LogP contribution >= 0.6 is 24.0 Å². The Labute approximate surface area is 161 Å². The number of hydrogen-bond donors (Lipinski definition) is 2. The third kappa shape index (κ3) is 5.19. The summed E-state index contributed by atoms with van der Waals surface area (Å²) in [6.45, 7) is 7.69. The largest absolute Gasteiger partial charge is 0.356 e. The minimum Gasteiger partial charge on any atom is -0.356 e. The van der Waals surface area contributed by atoms with E-state index in [0.717, 1.165) is 30.6 Å². The van der Waals surface area contributed by atoms with Crippen molar-refractivity contribution in [1.29, 1.82) is 0 Å². The molecular weight excluding hydrogens is 415 g/mol. The standard InChI is InChI=1S/C17H26N6.HI/c1-12-7-6-8-13(2)15(12)9-10-19-17(18-4)20-11-16-22-21-14(3)23(16)5;/h6-8H,9-11H2,1-5H3,(H2,18,19,20);1H. The van der Waals surface area contributed by atoms with E-state index in [2.05, 4.69) is 57.9 Å². The Morgan fingerprint density at radius 2 is 1.79 bits per heavy atom. The van der Waals surface area contributed by atoms with Crippen LogP contribution < -0.4 is 10.6 Å². The Bertz CT molecular complexity index is 672. The smallest absolute Gasteiger partial charge is 0.191 e. The molecule has 0 saturated heterocycles. The summed E-state index contributed by atoms with van der Waals surface area (Å²) < 4.78 is 1.97. The first kappa shape index (κ1) is 20.4. The lowest BCUT2D eigenvalue weighted by molar-refractivity contribution is 0.715. The zero-order valence-electron chi connectivity index (χ0n) is 15.1. The van der Waals surface area contributed by atoms with Crippen molar-refractivity contribution in [2.24, 2.45) is 12.0 Å². The number of rotatable bonds is 5. The SMILES string of the molecule is CN=C(NCCc1c(C)cccc1C)NCc1nnc(C)n1C.I. The zero-order chi connectivity index (χ0) is 16.8. The maximum Gasteiger partial charge on any atom is 0.191 e. The highest BCUT2D eigenvalue weighted by Crippen LogP contribution is 2.13. The minimum atomic E-state index is 0. The van der Waals surface area contributed by atoms with Crippen molar-refractivity contribution in [2.45, 2.75) is 33.7 Å². The molecule has 6 nitrogen and oxygen atoms in total. The molecule has 2 rings (SSSR count). The maximum absolute atomic E-state index is 4.25. The first-order valence-corrected chi connectivity index (χ1v) is 7.87. The first-order valence-electron chi connectivity index (χ1n) is 7.87. The van der Waals surface area contributed by atoms with E-state index >= 15 is 0 Å². The van der Waals surface area contributed by atoms with Crippen LogP contribution in [0.5, 0.6) is 0 Å². The van der Waals surface area contributed by atoms with Gasteiger partial charge >= 0.3 is 0 Å². The van der Waals surface area contributed by atoms with Gasteiger partial charge < -0.3 is 15.2 Å². The summed E-state index contributed by atoms with van der Waals surface area (Å²) >= 11 is 0. The van der Waals surface area contributed by atoms with Crippen molar-refractivity contribution >= 4 is 29.9 Å². The molecule has 0 saturated carbocycles. The second-order valence-electron chi connectivity index (χ2n) is 5.70. The van der Waals surface area contributed by atoms with Crippen LogP contribution in [-0.4, -0.2) is 34.3 Å². The minimum absolute atomic E-state index is 0. The van der Waals surface area contributed by atoms with Crippen molar-refractivity contribution < 1.29 is 0 Å². The summed E-state index contributed by atoms with van der Waals surface area (Å²) in [5, 5.41) is 14.8. The highest BCUT2D eigenvalue weighted by molar-refractivity contribution is 14.0. The fraction of sp³-hybridized carbons (Fsp3) is 0.471. The number of nitrogens with zero attached hydrogens (tertiary/aromatic N) is 4. The van der Waals surface area contributed by atoms with Crippen LogP contribution in [0.3, 0.4) is 0 Å². The highest BCUT2D eigenvalue weighted by atomic mass is 127. The zero-order valence-corrected chi connectivity index (χ0v) is 17.4. The molecule has 0 aliphatic heterocycles. The van der Waals surface area contributed by atoms with Gasteiger partial charge in [0.05, 0.1) is 6.54 Å². The van der Waals surface area contributed by atoms with E-state index in [9.17, 15) is 0 Å². The lowest BCUT2D eigenvalue weighted by Crippen LogP contribution is -2.38. The van der Waals surface area contributed by atoms with Gasteiger partial charge in [0.1, 0.15) is 5.82 Å². The Morgan fingerprint density at radius 1 is 1.12 bits per heavy atom. The van der Waals surface area contributed by atoms with E-state index < -0.39 is 0 Å². The summed E-state index contributed by atoms with van der Waals surface area (Å²) in [4.78, 5) is 4.25. The summed E-state index contributed by atoms with van der Waals surface area (Å²) in [6.07, 6.45) is 0.974. The lowest BCUT2D eigenvalue weighted by atomic mass is 10.0. The van der Waals surface area contributed by atoms with Gasteiger partial charge in [0.15, 0.2) is 11.8 Å². The quantitative estimate of drug-likeness (QED) is 0.424. The molecule has 0 aliphatic rings. The molecule has 132 valence electrons. The van der Waals surface area contributed by atoms with Crippen LogP contribution in [0.2, 0.25) is 0 Å². The average molecular weight is 442 g/mol. The molecule has 0 amide bonds. The van der Waals surface area contributed by atoms with Crippen LogP contribution in [0.4, 0.5) is 0 Å². The van der Waals surface area contributed by atoms with Crippen LogP contribution in [0.15, 0.2) is 23.2 Å². The van der Waals surface area contributed by atoms with Gasteiger partial charge in [0, 0.05) is 20.6 Å². The van der Waals surface area contributed by atoms with E-state index in [0.29, 0.717) is 6.54 Å². The van der Waals surface area contributed by atoms with Crippen LogP contribution in [0.1, 0.15) is 28.3 Å². The van der Waals surface area contributed by atoms with Crippen molar-refractivity contribution in [3.63, 3.8) is 0 Å². The molecule has 0 bridgehead atoms. The van der Waals surface area contributed by atoms with Crippen LogP contribution in [0.25, 0.3) is 0 Å². The molecule has 0 spiro atoms. The lowest BCUT2D eigenvalue weighted by Gasteiger charge is -2.13. The number of halogens is 1. The second kappa shape index (κ2) is 9.61. The summed E-state index contributed by atoms with van der Waals surface area (Å²) in [5.74, 6) is 2.57. The van der Waals surface area contributed by atoms with E-state index in [1.54, 1.807) is 7.05 Å². The molecule has 0 aliphatic carbocycles. The molecule has 7 heteroatoms. The number of aromatic nitrogens is 3. The van der Waals surface area contributed by atoms with Gasteiger partial charge in [0.25, 0.3) is 0 Å². The van der Waals surface area contributed by atoms with Gasteiger partial charge in [-0.25, -0.2) is 0 Å². The second-order valence-corrected chi connectivity index (χ2v) is 5.70. The predicted octanol–water partition coefficient (Wildman–Crippen LogP) is 2.27. The summed E-state index contributed by atoms with van der Waals surface area (Å²) in [6, 6.07) is 6.42. The fourth-order valence-corrected chi connectivity index (χ4v) is 2.54.